The van der Waals surface area contributed by atoms with Crippen LogP contribution in [0.25, 0.3) is 11.1 Å². The molecule has 0 aromatic heterocycles. The Morgan fingerprint density at radius 2 is 1.95 bits per heavy atom. The van der Waals surface area contributed by atoms with E-state index in [1.54, 1.807) is 6.07 Å². The molecular weight excluding hydrogens is 238 g/mol. The molecule has 2 aromatic rings. The van der Waals surface area contributed by atoms with Crippen molar-refractivity contribution >= 4 is 0 Å². The van der Waals surface area contributed by atoms with Crippen LogP contribution in [0.15, 0.2) is 48.5 Å². The zero-order valence-corrected chi connectivity index (χ0v) is 10.5. The van der Waals surface area contributed by atoms with E-state index >= 15 is 0 Å². The maximum atomic E-state index is 9.11. The van der Waals surface area contributed by atoms with Crippen LogP contribution in [0.3, 0.4) is 0 Å². The molecule has 0 bridgehead atoms. The van der Waals surface area contributed by atoms with Crippen molar-refractivity contribution in [2.45, 2.75) is 6.42 Å². The van der Waals surface area contributed by atoms with Gasteiger partial charge in [-0.05, 0) is 29.3 Å². The molecule has 0 spiro atoms. The van der Waals surface area contributed by atoms with Crippen LogP contribution in [0.4, 0.5) is 0 Å². The molecule has 0 atom stereocenters. The fraction of sp³-hybridized carbons (Fsp3) is 0.188. The first-order chi connectivity index (χ1) is 9.35. The number of aliphatic hydroxyl groups excluding tert-OH is 1. The number of ether oxygens (including phenoxy) is 1. The second-order valence-electron chi connectivity index (χ2n) is 4.11. The SMILES string of the molecule is N#Cc1ccccc1-c1cccc(OCCCO)c1. The standard InChI is InChI=1S/C16H15NO2/c17-12-14-5-1-2-8-16(14)13-6-3-7-15(11-13)19-10-4-9-18/h1-3,5-8,11,18H,4,9-10H2. The lowest BCUT2D eigenvalue weighted by atomic mass is 10.0. The summed E-state index contributed by atoms with van der Waals surface area (Å²) in [5.41, 5.74) is 2.51. The van der Waals surface area contributed by atoms with Gasteiger partial charge in [0, 0.05) is 13.0 Å². The molecule has 3 nitrogen and oxygen atoms in total. The highest BCUT2D eigenvalue weighted by atomic mass is 16.5. The molecule has 1 N–H and O–H groups in total. The van der Waals surface area contributed by atoms with Crippen LogP contribution in [-0.4, -0.2) is 18.3 Å². The quantitative estimate of drug-likeness (QED) is 0.833. The van der Waals surface area contributed by atoms with E-state index in [0.717, 1.165) is 16.9 Å². The van der Waals surface area contributed by atoms with Gasteiger partial charge in [0.15, 0.2) is 0 Å². The number of nitrogens with zero attached hydrogens (tertiary/aromatic N) is 1. The summed E-state index contributed by atoms with van der Waals surface area (Å²) in [5, 5.41) is 17.8. The topological polar surface area (TPSA) is 53.2 Å². The van der Waals surface area contributed by atoms with E-state index in [1.807, 2.05) is 42.5 Å². The maximum absolute atomic E-state index is 9.11. The maximum Gasteiger partial charge on any atom is 0.119 e. The Balaban J connectivity index is 2.25. The third-order valence-corrected chi connectivity index (χ3v) is 2.76. The van der Waals surface area contributed by atoms with Crippen molar-refractivity contribution in [1.29, 1.82) is 5.26 Å². The molecule has 0 saturated heterocycles. The van der Waals surface area contributed by atoms with Crippen LogP contribution >= 0.6 is 0 Å². The van der Waals surface area contributed by atoms with E-state index in [0.29, 0.717) is 18.6 Å². The van der Waals surface area contributed by atoms with E-state index < -0.39 is 0 Å². The Labute approximate surface area is 112 Å². The van der Waals surface area contributed by atoms with Crippen LogP contribution in [0.1, 0.15) is 12.0 Å². The molecule has 0 saturated carbocycles. The smallest absolute Gasteiger partial charge is 0.119 e. The minimum Gasteiger partial charge on any atom is -0.493 e. The molecule has 0 aliphatic carbocycles. The molecule has 0 unspecified atom stereocenters. The molecule has 0 radical (unpaired) electrons. The molecule has 2 rings (SSSR count). The van der Waals surface area contributed by atoms with Crippen LogP contribution in [-0.2, 0) is 0 Å². The van der Waals surface area contributed by atoms with E-state index in [-0.39, 0.29) is 6.61 Å². The van der Waals surface area contributed by atoms with Crippen molar-refractivity contribution in [3.8, 4) is 22.9 Å². The summed E-state index contributed by atoms with van der Waals surface area (Å²) in [5.74, 6) is 0.749. The van der Waals surface area contributed by atoms with Crippen molar-refractivity contribution in [3.63, 3.8) is 0 Å². The molecule has 3 heteroatoms. The van der Waals surface area contributed by atoms with Crippen molar-refractivity contribution in [2.24, 2.45) is 0 Å². The molecule has 2 aromatic carbocycles. The molecule has 0 fully saturated rings. The van der Waals surface area contributed by atoms with E-state index in [2.05, 4.69) is 6.07 Å². The van der Waals surface area contributed by atoms with Gasteiger partial charge < -0.3 is 9.84 Å². The summed E-state index contributed by atoms with van der Waals surface area (Å²) in [6.45, 7) is 0.608. The highest BCUT2D eigenvalue weighted by Crippen LogP contribution is 2.26. The summed E-state index contributed by atoms with van der Waals surface area (Å²) in [6, 6.07) is 17.3. The predicted octanol–water partition coefficient (Wildman–Crippen LogP) is 2.99. The predicted molar refractivity (Wildman–Crippen MR) is 73.8 cm³/mol. The van der Waals surface area contributed by atoms with Crippen molar-refractivity contribution < 1.29 is 9.84 Å². The zero-order valence-electron chi connectivity index (χ0n) is 10.5. The van der Waals surface area contributed by atoms with Crippen LogP contribution < -0.4 is 4.74 Å². The molecule has 0 heterocycles. The molecule has 0 amide bonds. The first kappa shape index (κ1) is 13.1. The van der Waals surface area contributed by atoms with Crippen LogP contribution in [0.2, 0.25) is 0 Å². The summed E-state index contributed by atoms with van der Waals surface area (Å²) in [7, 11) is 0. The average Bonchev–Trinajstić information content (AvgIpc) is 2.48. The molecule has 0 aliphatic rings. The van der Waals surface area contributed by atoms with Crippen LogP contribution in [0, 0.1) is 11.3 Å². The number of hydrogen-bond acceptors (Lipinski definition) is 3. The van der Waals surface area contributed by atoms with E-state index in [9.17, 15) is 0 Å². The molecule has 0 aliphatic heterocycles. The normalized spacial score (nSPS) is 9.89. The van der Waals surface area contributed by atoms with Gasteiger partial charge in [0.2, 0.25) is 0 Å². The number of hydrogen-bond donors (Lipinski definition) is 1. The van der Waals surface area contributed by atoms with Gasteiger partial charge in [-0.3, -0.25) is 0 Å². The number of benzene rings is 2. The number of rotatable bonds is 5. The molecule has 19 heavy (non-hydrogen) atoms. The van der Waals surface area contributed by atoms with Gasteiger partial charge in [-0.15, -0.1) is 0 Å². The third-order valence-electron chi connectivity index (χ3n) is 2.76. The van der Waals surface area contributed by atoms with Crippen LogP contribution in [0.5, 0.6) is 5.75 Å². The Morgan fingerprint density at radius 1 is 1.11 bits per heavy atom. The van der Waals surface area contributed by atoms with Gasteiger partial charge in [0.25, 0.3) is 0 Å². The molecular formula is C16H15NO2. The van der Waals surface area contributed by atoms with Crippen molar-refractivity contribution in [3.05, 3.63) is 54.1 Å². The summed E-state index contributed by atoms with van der Waals surface area (Å²) >= 11 is 0. The Bertz CT molecular complexity index is 587. The van der Waals surface area contributed by atoms with E-state index in [1.165, 1.54) is 0 Å². The Hall–Kier alpha value is -2.31. The summed E-state index contributed by atoms with van der Waals surface area (Å²) in [4.78, 5) is 0. The van der Waals surface area contributed by atoms with Gasteiger partial charge in [0.1, 0.15) is 5.75 Å². The second-order valence-corrected chi connectivity index (χ2v) is 4.11. The third kappa shape index (κ3) is 3.34. The number of nitriles is 1. The van der Waals surface area contributed by atoms with Gasteiger partial charge in [-0.2, -0.15) is 5.26 Å². The van der Waals surface area contributed by atoms with Gasteiger partial charge in [-0.25, -0.2) is 0 Å². The first-order valence-electron chi connectivity index (χ1n) is 6.18. The average molecular weight is 253 g/mol. The van der Waals surface area contributed by atoms with Gasteiger partial charge in [0.05, 0.1) is 18.2 Å². The summed E-state index contributed by atoms with van der Waals surface area (Å²) in [6.07, 6.45) is 0.610. The molecule has 96 valence electrons. The van der Waals surface area contributed by atoms with Gasteiger partial charge in [-0.1, -0.05) is 30.3 Å². The Kier molecular flexibility index (Phi) is 4.54. The van der Waals surface area contributed by atoms with Crippen molar-refractivity contribution in [2.75, 3.05) is 13.2 Å². The lowest BCUT2D eigenvalue weighted by Crippen LogP contribution is -1.99. The minimum absolute atomic E-state index is 0.122. The largest absolute Gasteiger partial charge is 0.493 e. The van der Waals surface area contributed by atoms with Crippen molar-refractivity contribution in [1.82, 2.24) is 0 Å². The fourth-order valence-corrected chi connectivity index (χ4v) is 1.84. The number of aliphatic hydroxyl groups is 1. The fourth-order valence-electron chi connectivity index (χ4n) is 1.84. The minimum atomic E-state index is 0.122. The highest BCUT2D eigenvalue weighted by molar-refractivity contribution is 5.71. The monoisotopic (exact) mass is 253 g/mol. The highest BCUT2D eigenvalue weighted by Gasteiger charge is 2.04. The first-order valence-corrected chi connectivity index (χ1v) is 6.18. The zero-order chi connectivity index (χ0) is 13.5. The summed E-state index contributed by atoms with van der Waals surface area (Å²) < 4.78 is 5.54. The Morgan fingerprint density at radius 3 is 2.74 bits per heavy atom. The lowest BCUT2D eigenvalue weighted by Gasteiger charge is -2.08. The van der Waals surface area contributed by atoms with E-state index in [4.69, 9.17) is 15.1 Å². The second kappa shape index (κ2) is 6.58. The van der Waals surface area contributed by atoms with Gasteiger partial charge >= 0.3 is 0 Å². The lowest BCUT2D eigenvalue weighted by molar-refractivity contribution is 0.233.